The molecule has 3 N–H and O–H groups in total. The van der Waals surface area contributed by atoms with Gasteiger partial charge in [0, 0.05) is 5.56 Å². The molecule has 5 nitrogen and oxygen atoms in total. The van der Waals surface area contributed by atoms with Crippen LogP contribution in [0.2, 0.25) is 0 Å². The molecular weight excluding hydrogens is 318 g/mol. The van der Waals surface area contributed by atoms with E-state index in [1.165, 1.54) is 0 Å². The fourth-order valence-electron chi connectivity index (χ4n) is 3.35. The maximum Gasteiger partial charge on any atom is 0.328 e. The summed E-state index contributed by atoms with van der Waals surface area (Å²) in [4.78, 5) is 23.6. The van der Waals surface area contributed by atoms with E-state index in [1.807, 2.05) is 42.5 Å². The van der Waals surface area contributed by atoms with E-state index in [9.17, 15) is 9.59 Å². The first kappa shape index (κ1) is 15.4. The molecule has 25 heavy (non-hydrogen) atoms. The van der Waals surface area contributed by atoms with Gasteiger partial charge in [-0.3, -0.25) is 4.79 Å². The summed E-state index contributed by atoms with van der Waals surface area (Å²) < 4.78 is 0. The van der Waals surface area contributed by atoms with Crippen LogP contribution >= 0.6 is 0 Å². The summed E-state index contributed by atoms with van der Waals surface area (Å²) in [6.07, 6.45) is 0. The first-order valence-corrected chi connectivity index (χ1v) is 7.91. The highest BCUT2D eigenvalue weighted by atomic mass is 16.4. The molecule has 0 saturated heterocycles. The number of carboxylic acids is 1. The van der Waals surface area contributed by atoms with E-state index >= 15 is 0 Å². The minimum atomic E-state index is -1.33. The zero-order valence-electron chi connectivity index (χ0n) is 13.2. The van der Waals surface area contributed by atoms with Gasteiger partial charge in [0.1, 0.15) is 0 Å². The van der Waals surface area contributed by atoms with Crippen LogP contribution in [0.1, 0.15) is 10.4 Å². The second-order valence-electron chi connectivity index (χ2n) is 6.02. The van der Waals surface area contributed by atoms with E-state index in [1.54, 1.807) is 6.07 Å². The van der Waals surface area contributed by atoms with E-state index in [0.29, 0.717) is 5.56 Å². The summed E-state index contributed by atoms with van der Waals surface area (Å²) in [6, 6.07) is 16.2. The van der Waals surface area contributed by atoms with Crippen LogP contribution in [0, 0.1) is 0 Å². The van der Waals surface area contributed by atoms with Crippen LogP contribution in [0.25, 0.3) is 32.3 Å². The van der Waals surface area contributed by atoms with Crippen LogP contribution in [-0.2, 0) is 4.79 Å². The maximum absolute atomic E-state index is 12.6. The SMILES string of the molecule is O=C(N[C@@H](CO)C(=O)O)c1ccc2ccc3cccc4ccc1c2c34. The third-order valence-electron chi connectivity index (χ3n) is 4.56. The Hall–Kier alpha value is -3.18. The van der Waals surface area contributed by atoms with Crippen molar-refractivity contribution in [3.8, 4) is 0 Å². The number of rotatable bonds is 4. The molecule has 0 aliphatic rings. The van der Waals surface area contributed by atoms with E-state index in [-0.39, 0.29) is 0 Å². The number of amides is 1. The summed E-state index contributed by atoms with van der Waals surface area (Å²) in [6.45, 7) is -0.660. The molecule has 0 radical (unpaired) electrons. The topological polar surface area (TPSA) is 86.6 Å². The zero-order chi connectivity index (χ0) is 17.6. The van der Waals surface area contributed by atoms with Crippen molar-refractivity contribution in [1.29, 1.82) is 0 Å². The molecule has 1 atom stereocenters. The third kappa shape index (κ3) is 2.37. The van der Waals surface area contributed by atoms with Crippen molar-refractivity contribution < 1.29 is 19.8 Å². The van der Waals surface area contributed by atoms with Crippen molar-refractivity contribution in [2.24, 2.45) is 0 Å². The highest BCUT2D eigenvalue weighted by molar-refractivity contribution is 6.26. The Bertz CT molecular complexity index is 1100. The summed E-state index contributed by atoms with van der Waals surface area (Å²) in [7, 11) is 0. The number of nitrogens with one attached hydrogen (secondary N) is 1. The Morgan fingerprint density at radius 1 is 0.880 bits per heavy atom. The van der Waals surface area contributed by atoms with Crippen molar-refractivity contribution >= 4 is 44.2 Å². The van der Waals surface area contributed by atoms with Crippen LogP contribution in [0.3, 0.4) is 0 Å². The van der Waals surface area contributed by atoms with Gasteiger partial charge < -0.3 is 15.5 Å². The number of aliphatic hydroxyl groups is 1. The van der Waals surface area contributed by atoms with Crippen molar-refractivity contribution in [3.63, 3.8) is 0 Å². The van der Waals surface area contributed by atoms with Crippen LogP contribution < -0.4 is 5.32 Å². The monoisotopic (exact) mass is 333 g/mol. The third-order valence-corrected chi connectivity index (χ3v) is 4.56. The van der Waals surface area contributed by atoms with Gasteiger partial charge in [0.15, 0.2) is 6.04 Å². The van der Waals surface area contributed by atoms with Gasteiger partial charge in [-0.25, -0.2) is 4.79 Å². The molecule has 0 fully saturated rings. The fourth-order valence-corrected chi connectivity index (χ4v) is 3.35. The van der Waals surface area contributed by atoms with Gasteiger partial charge in [-0.2, -0.15) is 0 Å². The number of hydrogen-bond acceptors (Lipinski definition) is 3. The van der Waals surface area contributed by atoms with Gasteiger partial charge in [0.2, 0.25) is 0 Å². The average molecular weight is 333 g/mol. The maximum atomic E-state index is 12.6. The molecule has 0 aromatic heterocycles. The first-order valence-electron chi connectivity index (χ1n) is 7.91. The van der Waals surface area contributed by atoms with Crippen LogP contribution in [0.4, 0.5) is 0 Å². The lowest BCUT2D eigenvalue weighted by molar-refractivity contribution is -0.140. The summed E-state index contributed by atoms with van der Waals surface area (Å²) in [5.41, 5.74) is 0.394. The van der Waals surface area contributed by atoms with Gasteiger partial charge in [-0.1, -0.05) is 48.5 Å². The van der Waals surface area contributed by atoms with E-state index in [4.69, 9.17) is 10.2 Å². The van der Waals surface area contributed by atoms with Gasteiger partial charge in [0.25, 0.3) is 5.91 Å². The Morgan fingerprint density at radius 2 is 1.48 bits per heavy atom. The molecule has 0 heterocycles. The largest absolute Gasteiger partial charge is 0.480 e. The van der Waals surface area contributed by atoms with Crippen molar-refractivity contribution in [3.05, 3.63) is 60.2 Å². The quantitative estimate of drug-likeness (QED) is 0.501. The molecule has 4 rings (SSSR count). The Morgan fingerprint density at radius 3 is 2.12 bits per heavy atom. The molecule has 0 saturated carbocycles. The zero-order valence-corrected chi connectivity index (χ0v) is 13.2. The molecule has 0 aliphatic carbocycles. The van der Waals surface area contributed by atoms with E-state index in [2.05, 4.69) is 11.4 Å². The summed E-state index contributed by atoms with van der Waals surface area (Å²) >= 11 is 0. The number of hydrogen-bond donors (Lipinski definition) is 3. The number of aliphatic hydroxyl groups excluding tert-OH is 1. The molecule has 4 aromatic rings. The van der Waals surface area contributed by atoms with E-state index in [0.717, 1.165) is 32.3 Å². The average Bonchev–Trinajstić information content (AvgIpc) is 2.63. The minimum Gasteiger partial charge on any atom is -0.480 e. The van der Waals surface area contributed by atoms with Gasteiger partial charge in [0.05, 0.1) is 6.61 Å². The predicted octanol–water partition coefficient (Wildman–Crippen LogP) is 2.76. The highest BCUT2D eigenvalue weighted by Gasteiger charge is 2.21. The molecular formula is C20H15NO4. The summed E-state index contributed by atoms with van der Waals surface area (Å²) in [5.74, 6) is -1.78. The Kier molecular flexibility index (Phi) is 3.51. The standard InChI is InChI=1S/C20H15NO4/c22-10-16(20(24)25)21-19(23)15-9-7-13-5-4-11-2-1-3-12-6-8-14(15)18(13)17(11)12/h1-9,16,22H,10H2,(H,21,23)(H,24,25)/t16-/m0/s1. The number of carbonyl (C=O) groups excluding carboxylic acids is 1. The van der Waals surface area contributed by atoms with E-state index < -0.39 is 24.5 Å². The van der Waals surface area contributed by atoms with Crippen molar-refractivity contribution in [2.75, 3.05) is 6.61 Å². The minimum absolute atomic E-state index is 0.394. The lowest BCUT2D eigenvalue weighted by Gasteiger charge is -2.15. The number of carboxylic acid groups (broad SMARTS) is 1. The van der Waals surface area contributed by atoms with Gasteiger partial charge >= 0.3 is 5.97 Å². The highest BCUT2D eigenvalue weighted by Crippen LogP contribution is 2.35. The smallest absolute Gasteiger partial charge is 0.328 e. The van der Waals surface area contributed by atoms with Gasteiger partial charge in [-0.15, -0.1) is 0 Å². The normalized spacial score (nSPS) is 12.7. The van der Waals surface area contributed by atoms with Crippen molar-refractivity contribution in [2.45, 2.75) is 6.04 Å². The Labute approximate surface area is 142 Å². The van der Waals surface area contributed by atoms with Crippen LogP contribution in [0.5, 0.6) is 0 Å². The second-order valence-corrected chi connectivity index (χ2v) is 6.02. The Balaban J connectivity index is 1.93. The molecule has 4 aromatic carbocycles. The van der Waals surface area contributed by atoms with Crippen LogP contribution in [-0.4, -0.2) is 34.7 Å². The molecule has 124 valence electrons. The molecule has 0 unspecified atom stereocenters. The van der Waals surface area contributed by atoms with Crippen molar-refractivity contribution in [1.82, 2.24) is 5.32 Å². The first-order chi connectivity index (χ1) is 12.1. The fraction of sp³-hybridized carbons (Fsp3) is 0.100. The van der Waals surface area contributed by atoms with Crippen LogP contribution in [0.15, 0.2) is 54.6 Å². The molecule has 0 aliphatic heterocycles. The lowest BCUT2D eigenvalue weighted by Crippen LogP contribution is -2.43. The number of carbonyl (C=O) groups is 2. The number of aliphatic carboxylic acids is 1. The molecule has 5 heteroatoms. The molecule has 0 spiro atoms. The second kappa shape index (κ2) is 5.72. The lowest BCUT2D eigenvalue weighted by atomic mass is 9.92. The molecule has 1 amide bonds. The number of benzene rings is 4. The van der Waals surface area contributed by atoms with Gasteiger partial charge in [-0.05, 0) is 38.4 Å². The predicted molar refractivity (Wildman–Crippen MR) is 96.1 cm³/mol. The summed E-state index contributed by atoms with van der Waals surface area (Å²) in [5, 5.41) is 26.6. The molecule has 0 bridgehead atoms.